The highest BCUT2D eigenvalue weighted by atomic mass is 16.6. The second kappa shape index (κ2) is 7.34. The van der Waals surface area contributed by atoms with Crippen molar-refractivity contribution in [3.05, 3.63) is 48.3 Å². The monoisotopic (exact) mass is 327 g/mol. The molecule has 1 aliphatic heterocycles. The van der Waals surface area contributed by atoms with Gasteiger partial charge in [-0.25, -0.2) is 0 Å². The summed E-state index contributed by atoms with van der Waals surface area (Å²) >= 11 is 0. The van der Waals surface area contributed by atoms with Crippen molar-refractivity contribution in [1.29, 1.82) is 0 Å². The van der Waals surface area contributed by atoms with E-state index in [0.29, 0.717) is 30.4 Å². The summed E-state index contributed by atoms with van der Waals surface area (Å²) in [4.78, 5) is 12.5. The molecule has 24 heavy (non-hydrogen) atoms. The Morgan fingerprint density at radius 3 is 2.58 bits per heavy atom. The Balaban J connectivity index is 1.67. The molecule has 1 N–H and O–H groups in total. The van der Waals surface area contributed by atoms with E-state index in [9.17, 15) is 4.79 Å². The Labute approximate surface area is 142 Å². The van der Waals surface area contributed by atoms with Crippen molar-refractivity contribution >= 4 is 11.6 Å². The summed E-state index contributed by atoms with van der Waals surface area (Å²) in [5.41, 5.74) is 1.99. The van der Waals surface area contributed by atoms with Gasteiger partial charge in [-0.3, -0.25) is 4.79 Å². The summed E-state index contributed by atoms with van der Waals surface area (Å²) in [5, 5.41) is 2.93. The molecule has 126 valence electrons. The average Bonchev–Trinajstić information content (AvgIpc) is 2.62. The van der Waals surface area contributed by atoms with Gasteiger partial charge >= 0.3 is 0 Å². The Hall–Kier alpha value is -2.56. The van der Waals surface area contributed by atoms with Crippen LogP contribution in [0.5, 0.6) is 11.5 Å². The van der Waals surface area contributed by atoms with Gasteiger partial charge in [-0.2, -0.15) is 4.57 Å². The summed E-state index contributed by atoms with van der Waals surface area (Å²) < 4.78 is 12.9. The van der Waals surface area contributed by atoms with Crippen molar-refractivity contribution in [2.75, 3.05) is 18.5 Å². The van der Waals surface area contributed by atoms with Gasteiger partial charge in [-0.15, -0.1) is 0 Å². The molecule has 0 fully saturated rings. The predicted molar refractivity (Wildman–Crippen MR) is 91.4 cm³/mol. The fraction of sp³-hybridized carbons (Fsp3) is 0.368. The fourth-order valence-corrected chi connectivity index (χ4v) is 2.69. The molecule has 0 aliphatic carbocycles. The van der Waals surface area contributed by atoms with Crippen LogP contribution in [0.4, 0.5) is 5.69 Å². The molecule has 2 heterocycles. The Kier molecular flexibility index (Phi) is 4.99. The summed E-state index contributed by atoms with van der Waals surface area (Å²) in [6.07, 6.45) is 6.08. The van der Waals surface area contributed by atoms with Crippen LogP contribution in [-0.4, -0.2) is 19.1 Å². The van der Waals surface area contributed by atoms with Crippen molar-refractivity contribution in [3.63, 3.8) is 0 Å². The van der Waals surface area contributed by atoms with E-state index in [0.717, 1.165) is 12.8 Å². The summed E-state index contributed by atoms with van der Waals surface area (Å²) in [6, 6.07) is 9.28. The van der Waals surface area contributed by atoms with Gasteiger partial charge in [0.1, 0.15) is 13.2 Å². The van der Waals surface area contributed by atoms with Crippen molar-refractivity contribution in [2.45, 2.75) is 32.7 Å². The molecule has 0 radical (unpaired) electrons. The number of ether oxygens (including phenoxy) is 2. The minimum absolute atomic E-state index is 0.0695. The maximum atomic E-state index is 12.5. The molecule has 3 rings (SSSR count). The van der Waals surface area contributed by atoms with E-state index in [2.05, 4.69) is 24.4 Å². The lowest BCUT2D eigenvalue weighted by atomic mass is 10.1. The Morgan fingerprint density at radius 1 is 1.17 bits per heavy atom. The zero-order valence-electron chi connectivity index (χ0n) is 14.1. The molecule has 0 bridgehead atoms. The molecule has 1 atom stereocenters. The van der Waals surface area contributed by atoms with Crippen LogP contribution in [0, 0.1) is 0 Å². The Morgan fingerprint density at radius 2 is 1.88 bits per heavy atom. The number of carbonyl (C=O) groups excluding carboxylic acids is 1. The van der Waals surface area contributed by atoms with Crippen LogP contribution in [0.15, 0.2) is 42.7 Å². The van der Waals surface area contributed by atoms with Crippen molar-refractivity contribution in [1.82, 2.24) is 0 Å². The number of hydrogen-bond acceptors (Lipinski definition) is 3. The molecule has 1 aliphatic rings. The summed E-state index contributed by atoms with van der Waals surface area (Å²) in [6.45, 7) is 5.12. The standard InChI is InChI=1S/C19H22N2O3/c1-3-4-15-7-9-21(10-8-15)14(2)19(22)20-16-5-6-17-18(13-16)24-12-11-23-17/h5-10,13-14H,3-4,11-12H2,1-2H3/p+1/t14-/m0/s1. The molecular formula is C19H23N2O3+. The fourth-order valence-electron chi connectivity index (χ4n) is 2.69. The van der Waals surface area contributed by atoms with Gasteiger partial charge in [0.25, 0.3) is 5.91 Å². The molecule has 5 heteroatoms. The lowest BCUT2D eigenvalue weighted by molar-refractivity contribution is -0.705. The second-order valence-corrected chi connectivity index (χ2v) is 5.93. The molecular weight excluding hydrogens is 304 g/mol. The first-order chi connectivity index (χ1) is 11.7. The second-order valence-electron chi connectivity index (χ2n) is 5.93. The molecule has 5 nitrogen and oxygen atoms in total. The highest BCUT2D eigenvalue weighted by Crippen LogP contribution is 2.32. The number of hydrogen-bond donors (Lipinski definition) is 1. The quantitative estimate of drug-likeness (QED) is 0.859. The van der Waals surface area contributed by atoms with Gasteiger partial charge in [-0.1, -0.05) is 13.3 Å². The molecule has 0 saturated heterocycles. The van der Waals surface area contributed by atoms with Gasteiger partial charge < -0.3 is 14.8 Å². The van der Waals surface area contributed by atoms with Crippen LogP contribution in [0.2, 0.25) is 0 Å². The first-order valence-electron chi connectivity index (χ1n) is 8.37. The lowest BCUT2D eigenvalue weighted by Crippen LogP contribution is -2.44. The van der Waals surface area contributed by atoms with E-state index in [1.807, 2.05) is 36.0 Å². The number of aromatic nitrogens is 1. The van der Waals surface area contributed by atoms with Gasteiger partial charge in [0, 0.05) is 30.8 Å². The van der Waals surface area contributed by atoms with Crippen LogP contribution in [0.1, 0.15) is 31.9 Å². The average molecular weight is 327 g/mol. The number of pyridine rings is 1. The molecule has 0 unspecified atom stereocenters. The SMILES string of the molecule is CCCc1cc[n+]([C@@H](C)C(=O)Nc2ccc3c(c2)OCCO3)cc1. The number of anilines is 1. The maximum absolute atomic E-state index is 12.5. The third kappa shape index (κ3) is 3.67. The van der Waals surface area contributed by atoms with E-state index >= 15 is 0 Å². The topological polar surface area (TPSA) is 51.4 Å². The highest BCUT2D eigenvalue weighted by molar-refractivity contribution is 5.92. The van der Waals surface area contributed by atoms with E-state index in [-0.39, 0.29) is 11.9 Å². The van der Waals surface area contributed by atoms with Gasteiger partial charge in [0.05, 0.1) is 0 Å². The van der Waals surface area contributed by atoms with Gasteiger partial charge in [-0.05, 0) is 24.1 Å². The molecule has 1 aromatic heterocycles. The van der Waals surface area contributed by atoms with Gasteiger partial charge in [0.2, 0.25) is 6.04 Å². The van der Waals surface area contributed by atoms with E-state index in [1.54, 1.807) is 6.07 Å². The van der Waals surface area contributed by atoms with Crippen LogP contribution in [0.3, 0.4) is 0 Å². The largest absolute Gasteiger partial charge is 0.486 e. The minimum atomic E-state index is -0.297. The third-order valence-electron chi connectivity index (χ3n) is 4.10. The Bertz CT molecular complexity index is 713. The number of nitrogens with one attached hydrogen (secondary N) is 1. The zero-order chi connectivity index (χ0) is 16.9. The van der Waals surface area contributed by atoms with Crippen molar-refractivity contribution < 1.29 is 18.8 Å². The number of fused-ring (bicyclic) bond motifs is 1. The van der Waals surface area contributed by atoms with E-state index in [1.165, 1.54) is 5.56 Å². The molecule has 1 amide bonds. The molecule has 1 aromatic carbocycles. The molecule has 0 spiro atoms. The smallest absolute Gasteiger partial charge is 0.293 e. The first kappa shape index (κ1) is 16.3. The van der Waals surface area contributed by atoms with Crippen molar-refractivity contribution in [2.24, 2.45) is 0 Å². The predicted octanol–water partition coefficient (Wildman–Crippen LogP) is 2.90. The molecule has 0 saturated carbocycles. The van der Waals surface area contributed by atoms with Crippen LogP contribution in [0.25, 0.3) is 0 Å². The highest BCUT2D eigenvalue weighted by Gasteiger charge is 2.22. The van der Waals surface area contributed by atoms with Crippen LogP contribution >= 0.6 is 0 Å². The van der Waals surface area contributed by atoms with E-state index in [4.69, 9.17) is 9.47 Å². The zero-order valence-corrected chi connectivity index (χ0v) is 14.1. The minimum Gasteiger partial charge on any atom is -0.486 e. The first-order valence-corrected chi connectivity index (χ1v) is 8.37. The van der Waals surface area contributed by atoms with Crippen LogP contribution < -0.4 is 19.4 Å². The third-order valence-corrected chi connectivity index (χ3v) is 4.10. The summed E-state index contributed by atoms with van der Waals surface area (Å²) in [5.74, 6) is 1.32. The number of carbonyl (C=O) groups is 1. The summed E-state index contributed by atoms with van der Waals surface area (Å²) in [7, 11) is 0. The normalized spacial score (nSPS) is 14.1. The van der Waals surface area contributed by atoms with Crippen molar-refractivity contribution in [3.8, 4) is 11.5 Å². The number of amides is 1. The van der Waals surface area contributed by atoms with Crippen LogP contribution in [-0.2, 0) is 11.2 Å². The van der Waals surface area contributed by atoms with Gasteiger partial charge in [0.15, 0.2) is 23.9 Å². The lowest BCUT2D eigenvalue weighted by Gasteiger charge is -2.19. The number of benzene rings is 1. The number of rotatable bonds is 5. The number of nitrogens with zero attached hydrogens (tertiary/aromatic N) is 1. The van der Waals surface area contributed by atoms with E-state index < -0.39 is 0 Å². The maximum Gasteiger partial charge on any atom is 0.293 e. The number of aryl methyl sites for hydroxylation is 1. The molecule has 2 aromatic rings.